The van der Waals surface area contributed by atoms with Gasteiger partial charge >= 0.3 is 0 Å². The van der Waals surface area contributed by atoms with Gasteiger partial charge in [-0.15, -0.1) is 0 Å². The van der Waals surface area contributed by atoms with E-state index in [1.54, 1.807) is 0 Å². The van der Waals surface area contributed by atoms with Crippen LogP contribution in [-0.2, 0) is 4.79 Å². The summed E-state index contributed by atoms with van der Waals surface area (Å²) < 4.78 is 0. The van der Waals surface area contributed by atoms with Gasteiger partial charge in [-0.2, -0.15) is 0 Å². The predicted molar refractivity (Wildman–Crippen MR) is 62.6 cm³/mol. The highest BCUT2D eigenvalue weighted by Crippen LogP contribution is 2.50. The average Bonchev–Trinajstić information content (AvgIpc) is 2.16. The first kappa shape index (κ1) is 10.9. The molecule has 1 nitrogen and oxygen atoms in total. The van der Waals surface area contributed by atoms with Gasteiger partial charge in [0.15, 0.2) is 5.78 Å². The standard InChI is InChI=1S/C14H22O/c1-4-11-8-12-10(2)6-5-7-14(12,3)9-13(11)15/h8,10,12H,4-7,9H2,1-3H3/t10-,12+,14+/m1/s1. The molecule has 2 aliphatic rings. The summed E-state index contributed by atoms with van der Waals surface area (Å²) in [6, 6.07) is 0. The van der Waals surface area contributed by atoms with Gasteiger partial charge < -0.3 is 0 Å². The summed E-state index contributed by atoms with van der Waals surface area (Å²) in [7, 11) is 0. The van der Waals surface area contributed by atoms with Gasteiger partial charge in [0.2, 0.25) is 0 Å². The lowest BCUT2D eigenvalue weighted by Crippen LogP contribution is -2.40. The van der Waals surface area contributed by atoms with Crippen LogP contribution in [0.15, 0.2) is 11.6 Å². The van der Waals surface area contributed by atoms with Gasteiger partial charge in [-0.1, -0.05) is 39.7 Å². The number of rotatable bonds is 1. The van der Waals surface area contributed by atoms with Crippen molar-refractivity contribution in [3.63, 3.8) is 0 Å². The Balaban J connectivity index is 2.33. The van der Waals surface area contributed by atoms with Gasteiger partial charge in [0, 0.05) is 6.42 Å². The maximum Gasteiger partial charge on any atom is 0.159 e. The van der Waals surface area contributed by atoms with Crippen molar-refractivity contribution in [2.45, 2.75) is 52.9 Å². The van der Waals surface area contributed by atoms with E-state index in [0.717, 1.165) is 24.3 Å². The smallest absolute Gasteiger partial charge is 0.159 e. The second-order valence-corrected chi connectivity index (χ2v) is 5.69. The van der Waals surface area contributed by atoms with Crippen LogP contribution in [0, 0.1) is 17.3 Å². The summed E-state index contributed by atoms with van der Waals surface area (Å²) >= 11 is 0. The van der Waals surface area contributed by atoms with E-state index in [1.165, 1.54) is 19.3 Å². The summed E-state index contributed by atoms with van der Waals surface area (Å²) in [6.45, 7) is 6.76. The first-order valence-electron chi connectivity index (χ1n) is 6.31. The van der Waals surface area contributed by atoms with Gasteiger partial charge in [0.05, 0.1) is 0 Å². The molecule has 1 fully saturated rings. The molecule has 1 heteroatoms. The molecule has 2 rings (SSSR count). The van der Waals surface area contributed by atoms with Crippen molar-refractivity contribution >= 4 is 5.78 Å². The lowest BCUT2D eigenvalue weighted by atomic mass is 9.58. The SMILES string of the molecule is CCC1=C[C@H]2[C@H](C)CCC[C@@]2(C)CC1=O. The van der Waals surface area contributed by atoms with Gasteiger partial charge in [-0.3, -0.25) is 4.79 Å². The number of allylic oxidation sites excluding steroid dienone is 2. The van der Waals surface area contributed by atoms with Crippen LogP contribution >= 0.6 is 0 Å². The summed E-state index contributed by atoms with van der Waals surface area (Å²) in [5, 5.41) is 0. The largest absolute Gasteiger partial charge is 0.295 e. The van der Waals surface area contributed by atoms with Gasteiger partial charge in [-0.25, -0.2) is 0 Å². The Hall–Kier alpha value is -0.590. The predicted octanol–water partition coefficient (Wildman–Crippen LogP) is 3.74. The van der Waals surface area contributed by atoms with E-state index in [1.807, 2.05) is 0 Å². The molecule has 0 N–H and O–H groups in total. The second kappa shape index (κ2) is 3.77. The minimum absolute atomic E-state index is 0.271. The summed E-state index contributed by atoms with van der Waals surface area (Å²) in [4.78, 5) is 11.9. The molecule has 0 radical (unpaired) electrons. The van der Waals surface area contributed by atoms with E-state index in [-0.39, 0.29) is 5.41 Å². The monoisotopic (exact) mass is 206 g/mol. The van der Waals surface area contributed by atoms with E-state index >= 15 is 0 Å². The quantitative estimate of drug-likeness (QED) is 0.638. The molecule has 0 aliphatic heterocycles. The van der Waals surface area contributed by atoms with Crippen molar-refractivity contribution < 1.29 is 4.79 Å². The minimum atomic E-state index is 0.271. The number of carbonyl (C=O) groups is 1. The highest BCUT2D eigenvalue weighted by molar-refractivity contribution is 5.96. The molecule has 15 heavy (non-hydrogen) atoms. The third-order valence-electron chi connectivity index (χ3n) is 4.51. The van der Waals surface area contributed by atoms with Crippen LogP contribution in [0.5, 0.6) is 0 Å². The fourth-order valence-corrected chi connectivity index (χ4v) is 3.54. The highest BCUT2D eigenvalue weighted by atomic mass is 16.1. The van der Waals surface area contributed by atoms with Crippen molar-refractivity contribution in [1.82, 2.24) is 0 Å². The summed E-state index contributed by atoms with van der Waals surface area (Å²) in [5.41, 5.74) is 1.36. The van der Waals surface area contributed by atoms with Crippen LogP contribution in [0.4, 0.5) is 0 Å². The molecule has 0 unspecified atom stereocenters. The Labute approximate surface area is 92.9 Å². The van der Waals surface area contributed by atoms with Crippen molar-refractivity contribution in [2.24, 2.45) is 17.3 Å². The van der Waals surface area contributed by atoms with Crippen LogP contribution < -0.4 is 0 Å². The number of carbonyl (C=O) groups excluding carboxylic acids is 1. The Morgan fingerprint density at radius 2 is 2.27 bits per heavy atom. The highest BCUT2D eigenvalue weighted by Gasteiger charge is 2.43. The van der Waals surface area contributed by atoms with E-state index in [0.29, 0.717) is 11.7 Å². The van der Waals surface area contributed by atoms with Gasteiger partial charge in [0.1, 0.15) is 0 Å². The molecule has 0 aromatic heterocycles. The maximum absolute atomic E-state index is 11.9. The fourth-order valence-electron chi connectivity index (χ4n) is 3.54. The molecule has 2 aliphatic carbocycles. The molecule has 84 valence electrons. The molecule has 0 amide bonds. The van der Waals surface area contributed by atoms with Gasteiger partial charge in [0.25, 0.3) is 0 Å². The molecule has 1 saturated carbocycles. The number of hydrogen-bond donors (Lipinski definition) is 0. The van der Waals surface area contributed by atoms with E-state index in [9.17, 15) is 4.79 Å². The number of Topliss-reactive ketones (excluding diaryl/α,β-unsaturated/α-hetero) is 1. The maximum atomic E-state index is 11.9. The molecule has 0 aromatic carbocycles. The fraction of sp³-hybridized carbons (Fsp3) is 0.786. The van der Waals surface area contributed by atoms with E-state index in [2.05, 4.69) is 26.8 Å². The normalized spacial score (nSPS) is 41.0. The van der Waals surface area contributed by atoms with Crippen LogP contribution in [0.25, 0.3) is 0 Å². The topological polar surface area (TPSA) is 17.1 Å². The van der Waals surface area contributed by atoms with Crippen molar-refractivity contribution in [3.05, 3.63) is 11.6 Å². The van der Waals surface area contributed by atoms with E-state index < -0.39 is 0 Å². The zero-order chi connectivity index (χ0) is 11.1. The molecular weight excluding hydrogens is 184 g/mol. The van der Waals surface area contributed by atoms with Crippen LogP contribution in [0.3, 0.4) is 0 Å². The lowest BCUT2D eigenvalue weighted by molar-refractivity contribution is -0.120. The molecule has 0 heterocycles. The molecule has 0 bridgehead atoms. The van der Waals surface area contributed by atoms with E-state index in [4.69, 9.17) is 0 Å². The van der Waals surface area contributed by atoms with Gasteiger partial charge in [-0.05, 0) is 35.7 Å². The van der Waals surface area contributed by atoms with Crippen LogP contribution in [0.2, 0.25) is 0 Å². The molecule has 0 spiro atoms. The third-order valence-corrected chi connectivity index (χ3v) is 4.51. The van der Waals surface area contributed by atoms with Crippen LogP contribution in [0.1, 0.15) is 52.9 Å². The molecule has 0 saturated heterocycles. The zero-order valence-corrected chi connectivity index (χ0v) is 10.2. The Morgan fingerprint density at radius 3 is 2.93 bits per heavy atom. The number of hydrogen-bond acceptors (Lipinski definition) is 1. The molecule has 0 aromatic rings. The zero-order valence-electron chi connectivity index (χ0n) is 10.2. The van der Waals surface area contributed by atoms with Crippen molar-refractivity contribution in [2.75, 3.05) is 0 Å². The first-order chi connectivity index (χ1) is 7.07. The Morgan fingerprint density at radius 1 is 1.53 bits per heavy atom. The third kappa shape index (κ3) is 1.77. The van der Waals surface area contributed by atoms with Crippen molar-refractivity contribution in [1.29, 1.82) is 0 Å². The average molecular weight is 206 g/mol. The van der Waals surface area contributed by atoms with Crippen LogP contribution in [-0.4, -0.2) is 5.78 Å². The number of fused-ring (bicyclic) bond motifs is 1. The molecular formula is C14H22O. The number of ketones is 1. The Kier molecular flexibility index (Phi) is 2.74. The summed E-state index contributed by atoms with van der Waals surface area (Å²) in [6.07, 6.45) is 7.88. The first-order valence-corrected chi connectivity index (χ1v) is 6.31. The summed E-state index contributed by atoms with van der Waals surface area (Å²) in [5.74, 6) is 1.82. The Bertz CT molecular complexity index is 302. The molecule has 3 atom stereocenters. The lowest BCUT2D eigenvalue weighted by Gasteiger charge is -2.46. The second-order valence-electron chi connectivity index (χ2n) is 5.69. The van der Waals surface area contributed by atoms with Crippen molar-refractivity contribution in [3.8, 4) is 0 Å². The minimum Gasteiger partial charge on any atom is -0.295 e.